The van der Waals surface area contributed by atoms with E-state index in [0.717, 1.165) is 16.3 Å². The number of para-hydroxylation sites is 1. The highest BCUT2D eigenvalue weighted by Crippen LogP contribution is 2.21. The fourth-order valence-electron chi connectivity index (χ4n) is 1.79. The van der Waals surface area contributed by atoms with Crippen LogP contribution in [-0.4, -0.2) is 29.5 Å². The number of carbonyl (C=O) groups is 1. The van der Waals surface area contributed by atoms with E-state index in [1.165, 1.54) is 6.92 Å². The first kappa shape index (κ1) is 16.4. The average molecular weight is 317 g/mol. The van der Waals surface area contributed by atoms with Gasteiger partial charge in [0.1, 0.15) is 12.4 Å². The van der Waals surface area contributed by atoms with Gasteiger partial charge < -0.3 is 15.2 Å². The van der Waals surface area contributed by atoms with E-state index < -0.39 is 6.10 Å². The number of rotatable bonds is 7. The molecule has 0 saturated carbocycles. The molecule has 5 heteroatoms. The largest absolute Gasteiger partial charge is 0.491 e. The molecule has 0 aliphatic rings. The Kier molecular flexibility index (Phi) is 6.30. The van der Waals surface area contributed by atoms with Gasteiger partial charge in [-0.25, -0.2) is 0 Å². The number of nitrogens with one attached hydrogen (secondary N) is 1. The van der Waals surface area contributed by atoms with E-state index in [-0.39, 0.29) is 12.5 Å². The zero-order valence-electron chi connectivity index (χ0n) is 12.4. The molecule has 116 valence electrons. The van der Waals surface area contributed by atoms with Crippen molar-refractivity contribution < 1.29 is 14.6 Å². The highest BCUT2D eigenvalue weighted by Gasteiger charge is 2.06. The maximum atomic E-state index is 10.9. The second-order valence-corrected chi connectivity index (χ2v) is 5.89. The minimum absolute atomic E-state index is 0.0890. The molecule has 2 N–H and O–H groups in total. The Morgan fingerprint density at radius 3 is 2.50 bits per heavy atom. The number of hydrogen-bond acceptors (Lipinski definition) is 4. The predicted octanol–water partition coefficient (Wildman–Crippen LogP) is 3.18. The Morgan fingerprint density at radius 1 is 1.18 bits per heavy atom. The third-order valence-corrected chi connectivity index (χ3v) is 3.96. The highest BCUT2D eigenvalue weighted by molar-refractivity contribution is 7.99. The molecule has 2 aromatic rings. The van der Waals surface area contributed by atoms with Crippen molar-refractivity contribution in [1.82, 2.24) is 0 Å². The average Bonchev–Trinajstić information content (AvgIpc) is 2.53. The van der Waals surface area contributed by atoms with E-state index in [2.05, 4.69) is 5.32 Å². The van der Waals surface area contributed by atoms with Crippen LogP contribution in [0, 0.1) is 0 Å². The van der Waals surface area contributed by atoms with Crippen LogP contribution < -0.4 is 10.1 Å². The molecular weight excluding hydrogens is 298 g/mol. The summed E-state index contributed by atoms with van der Waals surface area (Å²) in [6.07, 6.45) is -0.541. The summed E-state index contributed by atoms with van der Waals surface area (Å²) in [5.41, 5.74) is 0.768. The van der Waals surface area contributed by atoms with Crippen LogP contribution in [0.15, 0.2) is 59.5 Å². The molecule has 0 aliphatic carbocycles. The van der Waals surface area contributed by atoms with E-state index in [9.17, 15) is 9.90 Å². The van der Waals surface area contributed by atoms with Crippen LogP contribution in [-0.2, 0) is 4.79 Å². The number of benzene rings is 2. The Morgan fingerprint density at radius 2 is 1.86 bits per heavy atom. The summed E-state index contributed by atoms with van der Waals surface area (Å²) in [4.78, 5) is 12.0. The van der Waals surface area contributed by atoms with Crippen molar-refractivity contribution in [3.8, 4) is 5.75 Å². The van der Waals surface area contributed by atoms with E-state index >= 15 is 0 Å². The molecule has 4 nitrogen and oxygen atoms in total. The Balaban J connectivity index is 1.73. The molecule has 0 bridgehead atoms. The molecule has 0 saturated heterocycles. The van der Waals surface area contributed by atoms with E-state index in [0.29, 0.717) is 5.75 Å². The second kappa shape index (κ2) is 8.46. The van der Waals surface area contributed by atoms with Gasteiger partial charge in [0.2, 0.25) is 5.91 Å². The lowest BCUT2D eigenvalue weighted by atomic mass is 10.3. The summed E-state index contributed by atoms with van der Waals surface area (Å²) in [5.74, 6) is 1.21. The van der Waals surface area contributed by atoms with Gasteiger partial charge in [-0.2, -0.15) is 0 Å². The van der Waals surface area contributed by atoms with Crippen LogP contribution in [0.5, 0.6) is 5.75 Å². The van der Waals surface area contributed by atoms with Crippen LogP contribution in [0.25, 0.3) is 0 Å². The Bertz CT molecular complexity index is 587. The van der Waals surface area contributed by atoms with Gasteiger partial charge in [0.05, 0.1) is 6.10 Å². The molecule has 1 atom stereocenters. The van der Waals surface area contributed by atoms with Crippen LogP contribution in [0.2, 0.25) is 0 Å². The SMILES string of the molecule is CC(=O)Nc1ccc(SC[C@H](O)COc2ccccc2)cc1. The summed E-state index contributed by atoms with van der Waals surface area (Å²) in [6.45, 7) is 1.74. The number of thioether (sulfide) groups is 1. The van der Waals surface area contributed by atoms with Gasteiger partial charge in [0.15, 0.2) is 0 Å². The van der Waals surface area contributed by atoms with Crippen molar-refractivity contribution in [2.45, 2.75) is 17.9 Å². The minimum atomic E-state index is -0.541. The van der Waals surface area contributed by atoms with Gasteiger partial charge in [0.25, 0.3) is 0 Å². The van der Waals surface area contributed by atoms with Crippen molar-refractivity contribution >= 4 is 23.4 Å². The molecule has 0 heterocycles. The zero-order chi connectivity index (χ0) is 15.8. The monoisotopic (exact) mass is 317 g/mol. The summed E-state index contributed by atoms with van der Waals surface area (Å²) in [5, 5.41) is 12.7. The molecule has 0 spiro atoms. The van der Waals surface area contributed by atoms with Crippen LogP contribution in [0.4, 0.5) is 5.69 Å². The van der Waals surface area contributed by atoms with Crippen molar-refractivity contribution in [1.29, 1.82) is 0 Å². The topological polar surface area (TPSA) is 58.6 Å². The Hall–Kier alpha value is -1.98. The zero-order valence-corrected chi connectivity index (χ0v) is 13.2. The van der Waals surface area contributed by atoms with Crippen molar-refractivity contribution in [2.75, 3.05) is 17.7 Å². The van der Waals surface area contributed by atoms with E-state index in [4.69, 9.17) is 4.74 Å². The molecule has 0 fully saturated rings. The molecule has 2 aromatic carbocycles. The number of amides is 1. The van der Waals surface area contributed by atoms with Gasteiger partial charge in [0, 0.05) is 23.3 Å². The maximum Gasteiger partial charge on any atom is 0.221 e. The fourth-order valence-corrected chi connectivity index (χ4v) is 2.60. The van der Waals surface area contributed by atoms with Crippen molar-refractivity contribution in [3.63, 3.8) is 0 Å². The molecule has 0 aromatic heterocycles. The van der Waals surface area contributed by atoms with Gasteiger partial charge in [-0.15, -0.1) is 11.8 Å². The molecule has 2 rings (SSSR count). The number of aliphatic hydroxyl groups is 1. The van der Waals surface area contributed by atoms with Crippen molar-refractivity contribution in [3.05, 3.63) is 54.6 Å². The number of hydrogen-bond donors (Lipinski definition) is 2. The predicted molar refractivity (Wildman–Crippen MR) is 89.4 cm³/mol. The molecule has 1 amide bonds. The Labute approximate surface area is 134 Å². The van der Waals surface area contributed by atoms with Gasteiger partial charge in [-0.1, -0.05) is 18.2 Å². The molecule has 0 aliphatic heterocycles. The number of ether oxygens (including phenoxy) is 1. The summed E-state index contributed by atoms with van der Waals surface area (Å²) < 4.78 is 5.51. The smallest absolute Gasteiger partial charge is 0.221 e. The van der Waals surface area contributed by atoms with E-state index in [1.54, 1.807) is 11.8 Å². The summed E-state index contributed by atoms with van der Waals surface area (Å²) >= 11 is 1.55. The number of aliphatic hydroxyl groups excluding tert-OH is 1. The highest BCUT2D eigenvalue weighted by atomic mass is 32.2. The van der Waals surface area contributed by atoms with Gasteiger partial charge >= 0.3 is 0 Å². The first-order valence-corrected chi connectivity index (χ1v) is 7.98. The molecule has 0 unspecified atom stereocenters. The maximum absolute atomic E-state index is 10.9. The summed E-state index contributed by atoms with van der Waals surface area (Å²) in [6, 6.07) is 17.0. The van der Waals surface area contributed by atoms with Gasteiger partial charge in [-0.05, 0) is 36.4 Å². The lowest BCUT2D eigenvalue weighted by Gasteiger charge is -2.12. The normalized spacial score (nSPS) is 11.7. The number of carbonyl (C=O) groups excluding carboxylic acids is 1. The number of anilines is 1. The standard InChI is InChI=1S/C17H19NO3S/c1-13(19)18-14-7-9-17(10-8-14)22-12-15(20)11-21-16-5-3-2-4-6-16/h2-10,15,20H,11-12H2,1H3,(H,18,19)/t15-/m1/s1. The molecular formula is C17H19NO3S. The molecule has 22 heavy (non-hydrogen) atoms. The van der Waals surface area contributed by atoms with Gasteiger partial charge in [-0.3, -0.25) is 4.79 Å². The third-order valence-electron chi connectivity index (χ3n) is 2.80. The van der Waals surface area contributed by atoms with Crippen molar-refractivity contribution in [2.24, 2.45) is 0 Å². The fraction of sp³-hybridized carbons (Fsp3) is 0.235. The minimum Gasteiger partial charge on any atom is -0.491 e. The quantitative estimate of drug-likeness (QED) is 0.770. The van der Waals surface area contributed by atoms with Crippen LogP contribution >= 0.6 is 11.8 Å². The van der Waals surface area contributed by atoms with E-state index in [1.807, 2.05) is 54.6 Å². The first-order valence-electron chi connectivity index (χ1n) is 7.00. The lowest BCUT2D eigenvalue weighted by molar-refractivity contribution is -0.114. The van der Waals surface area contributed by atoms with Crippen LogP contribution in [0.3, 0.4) is 0 Å². The first-order chi connectivity index (χ1) is 10.6. The molecule has 0 radical (unpaired) electrons. The second-order valence-electron chi connectivity index (χ2n) is 4.79. The summed E-state index contributed by atoms with van der Waals surface area (Å²) in [7, 11) is 0. The third kappa shape index (κ3) is 5.79. The lowest BCUT2D eigenvalue weighted by Crippen LogP contribution is -2.19. The van der Waals surface area contributed by atoms with Crippen LogP contribution in [0.1, 0.15) is 6.92 Å².